The molecule has 1 heterocycles. The van der Waals surface area contributed by atoms with Crippen LogP contribution in [0, 0.1) is 5.92 Å². The number of benzene rings is 1. The van der Waals surface area contributed by atoms with Gasteiger partial charge in [-0.1, -0.05) is 22.0 Å². The molecule has 1 unspecified atom stereocenters. The normalized spacial score (nSPS) is 18.6. The Balaban J connectivity index is 2.11. The average molecular weight is 365 g/mol. The Hall–Kier alpha value is -2.28. The first kappa shape index (κ1) is 16.1. The van der Waals surface area contributed by atoms with Gasteiger partial charge in [0.1, 0.15) is 5.76 Å². The number of rotatable bonds is 3. The number of halogens is 1. The number of hydrogen-bond acceptors (Lipinski definition) is 5. The highest BCUT2D eigenvalue weighted by Gasteiger charge is 2.34. The summed E-state index contributed by atoms with van der Waals surface area (Å²) in [7, 11) is 0. The lowest BCUT2D eigenvalue weighted by Gasteiger charge is -2.17. The van der Waals surface area contributed by atoms with E-state index in [2.05, 4.69) is 26.5 Å². The van der Waals surface area contributed by atoms with Crippen LogP contribution in [0.15, 0.2) is 45.7 Å². The van der Waals surface area contributed by atoms with E-state index < -0.39 is 23.6 Å². The molecule has 0 radical (unpaired) electrons. The minimum atomic E-state index is -1.12. The van der Waals surface area contributed by atoms with E-state index in [1.165, 1.54) is 19.9 Å². The van der Waals surface area contributed by atoms with Gasteiger partial charge < -0.3 is 4.74 Å². The van der Waals surface area contributed by atoms with Gasteiger partial charge in [-0.3, -0.25) is 14.4 Å². The zero-order valence-corrected chi connectivity index (χ0v) is 13.5. The van der Waals surface area contributed by atoms with Crippen molar-refractivity contribution in [3.05, 3.63) is 46.1 Å². The summed E-state index contributed by atoms with van der Waals surface area (Å²) < 4.78 is 5.66. The SMILES string of the molecule is CC1=CC(=O)C(/C(C)=N/NC(=O)c2cccc(Br)c2)C(=O)O1. The van der Waals surface area contributed by atoms with Gasteiger partial charge >= 0.3 is 5.97 Å². The number of nitrogens with zero attached hydrogens (tertiary/aromatic N) is 1. The van der Waals surface area contributed by atoms with Crippen molar-refractivity contribution in [2.45, 2.75) is 13.8 Å². The quantitative estimate of drug-likeness (QED) is 0.385. The maximum Gasteiger partial charge on any atom is 0.327 e. The lowest BCUT2D eigenvalue weighted by Crippen LogP contribution is -2.35. The first-order valence-electron chi connectivity index (χ1n) is 6.42. The van der Waals surface area contributed by atoms with Crippen molar-refractivity contribution in [2.75, 3.05) is 0 Å². The summed E-state index contributed by atoms with van der Waals surface area (Å²) in [6.07, 6.45) is 1.24. The molecule has 114 valence electrons. The fraction of sp³-hybridized carbons (Fsp3) is 0.200. The molecule has 1 aromatic carbocycles. The minimum Gasteiger partial charge on any atom is -0.430 e. The van der Waals surface area contributed by atoms with Crippen LogP contribution < -0.4 is 5.43 Å². The summed E-state index contributed by atoms with van der Waals surface area (Å²) in [5.41, 5.74) is 2.89. The average Bonchev–Trinajstić information content (AvgIpc) is 2.43. The molecule has 1 aromatic rings. The number of ketones is 1. The standard InChI is InChI=1S/C15H13BrN2O4/c1-8-6-12(19)13(15(21)22-8)9(2)17-18-14(20)10-4-3-5-11(16)7-10/h3-7,13H,1-2H3,(H,18,20)/b17-9+. The topological polar surface area (TPSA) is 84.8 Å². The lowest BCUT2D eigenvalue weighted by atomic mass is 9.97. The van der Waals surface area contributed by atoms with Crippen LogP contribution in [-0.4, -0.2) is 23.4 Å². The third kappa shape index (κ3) is 3.67. The Morgan fingerprint density at radius 3 is 2.73 bits per heavy atom. The van der Waals surface area contributed by atoms with Crippen LogP contribution in [0.2, 0.25) is 0 Å². The van der Waals surface area contributed by atoms with Gasteiger partial charge in [0.25, 0.3) is 5.91 Å². The Morgan fingerprint density at radius 1 is 1.36 bits per heavy atom. The number of carbonyl (C=O) groups is 3. The van der Waals surface area contributed by atoms with Crippen LogP contribution in [0.4, 0.5) is 0 Å². The molecule has 1 aliphatic heterocycles. The lowest BCUT2D eigenvalue weighted by molar-refractivity contribution is -0.146. The summed E-state index contributed by atoms with van der Waals surface area (Å²) in [5.74, 6) is -2.41. The molecule has 1 aliphatic rings. The van der Waals surface area contributed by atoms with Gasteiger partial charge in [0.05, 0.1) is 5.71 Å². The molecule has 6 nitrogen and oxygen atoms in total. The first-order valence-corrected chi connectivity index (χ1v) is 7.21. The van der Waals surface area contributed by atoms with Crippen LogP contribution in [-0.2, 0) is 14.3 Å². The second kappa shape index (κ2) is 6.65. The molecule has 0 bridgehead atoms. The maximum absolute atomic E-state index is 11.9. The van der Waals surface area contributed by atoms with Crippen LogP contribution in [0.5, 0.6) is 0 Å². The highest BCUT2D eigenvalue weighted by molar-refractivity contribution is 9.10. The number of allylic oxidation sites excluding steroid dienone is 2. The number of carbonyl (C=O) groups excluding carboxylic acids is 3. The number of nitrogens with one attached hydrogen (secondary N) is 1. The predicted octanol–water partition coefficient (Wildman–Crippen LogP) is 2.20. The number of hydrogen-bond donors (Lipinski definition) is 1. The van der Waals surface area contributed by atoms with Crippen LogP contribution in [0.1, 0.15) is 24.2 Å². The molecule has 0 saturated carbocycles. The monoisotopic (exact) mass is 364 g/mol. The maximum atomic E-state index is 11.9. The Bertz CT molecular complexity index is 709. The highest BCUT2D eigenvalue weighted by atomic mass is 79.9. The van der Waals surface area contributed by atoms with Gasteiger partial charge in [-0.25, -0.2) is 5.43 Å². The summed E-state index contributed by atoms with van der Waals surface area (Å²) in [6, 6.07) is 6.76. The number of hydrazone groups is 1. The van der Waals surface area contributed by atoms with E-state index in [0.29, 0.717) is 5.56 Å². The highest BCUT2D eigenvalue weighted by Crippen LogP contribution is 2.16. The molecule has 2 rings (SSSR count). The fourth-order valence-corrected chi connectivity index (χ4v) is 2.32. The third-order valence-corrected chi connectivity index (χ3v) is 3.46. The van der Waals surface area contributed by atoms with Gasteiger partial charge in [0, 0.05) is 16.1 Å². The van der Waals surface area contributed by atoms with Crippen LogP contribution >= 0.6 is 15.9 Å². The van der Waals surface area contributed by atoms with Crippen molar-refractivity contribution < 1.29 is 19.1 Å². The molecular formula is C15H13BrN2O4. The number of ether oxygens (including phenoxy) is 1. The molecular weight excluding hydrogens is 352 g/mol. The zero-order valence-electron chi connectivity index (χ0n) is 11.9. The smallest absolute Gasteiger partial charge is 0.327 e. The van der Waals surface area contributed by atoms with Crippen molar-refractivity contribution in [1.82, 2.24) is 5.43 Å². The Morgan fingerprint density at radius 2 is 2.09 bits per heavy atom. The first-order chi connectivity index (χ1) is 10.4. The van der Waals surface area contributed by atoms with Crippen molar-refractivity contribution in [3.8, 4) is 0 Å². The van der Waals surface area contributed by atoms with Gasteiger partial charge in [-0.2, -0.15) is 5.10 Å². The summed E-state index contributed by atoms with van der Waals surface area (Å²) in [5, 5.41) is 3.83. The Kier molecular flexibility index (Phi) is 4.87. The van der Waals surface area contributed by atoms with E-state index in [9.17, 15) is 14.4 Å². The predicted molar refractivity (Wildman–Crippen MR) is 83.1 cm³/mol. The zero-order chi connectivity index (χ0) is 16.3. The number of cyclic esters (lactones) is 1. The second-order valence-electron chi connectivity index (χ2n) is 4.72. The van der Waals surface area contributed by atoms with Crippen molar-refractivity contribution in [1.29, 1.82) is 0 Å². The van der Waals surface area contributed by atoms with E-state index >= 15 is 0 Å². The summed E-state index contributed by atoms with van der Waals surface area (Å²) in [6.45, 7) is 3.01. The van der Waals surface area contributed by atoms with Gasteiger partial charge in [0.2, 0.25) is 0 Å². The molecule has 1 atom stereocenters. The fourth-order valence-electron chi connectivity index (χ4n) is 1.92. The summed E-state index contributed by atoms with van der Waals surface area (Å²) >= 11 is 3.27. The summed E-state index contributed by atoms with van der Waals surface area (Å²) in [4.78, 5) is 35.5. The molecule has 0 fully saturated rings. The molecule has 1 N–H and O–H groups in total. The molecule has 1 amide bonds. The van der Waals surface area contributed by atoms with Crippen LogP contribution in [0.3, 0.4) is 0 Å². The molecule has 0 aromatic heterocycles. The second-order valence-corrected chi connectivity index (χ2v) is 5.63. The Labute approximate surface area is 135 Å². The van der Waals surface area contributed by atoms with E-state index in [1.54, 1.807) is 24.3 Å². The minimum absolute atomic E-state index is 0.169. The van der Waals surface area contributed by atoms with Gasteiger partial charge in [-0.05, 0) is 32.0 Å². The largest absolute Gasteiger partial charge is 0.430 e. The third-order valence-electron chi connectivity index (χ3n) is 2.97. The number of esters is 1. The number of amides is 1. The van der Waals surface area contributed by atoms with E-state index in [4.69, 9.17) is 4.74 Å². The molecule has 7 heteroatoms. The van der Waals surface area contributed by atoms with Crippen LogP contribution in [0.25, 0.3) is 0 Å². The molecule has 0 spiro atoms. The van der Waals surface area contributed by atoms with Crippen molar-refractivity contribution in [2.24, 2.45) is 11.0 Å². The molecule has 22 heavy (non-hydrogen) atoms. The van der Waals surface area contributed by atoms with Crippen molar-refractivity contribution in [3.63, 3.8) is 0 Å². The van der Waals surface area contributed by atoms with E-state index in [1.807, 2.05) is 0 Å². The van der Waals surface area contributed by atoms with E-state index in [0.717, 1.165) is 4.47 Å². The molecule has 0 saturated heterocycles. The van der Waals surface area contributed by atoms with Crippen molar-refractivity contribution >= 4 is 39.3 Å². The van der Waals surface area contributed by atoms with Gasteiger partial charge in [0.15, 0.2) is 11.7 Å². The van der Waals surface area contributed by atoms with E-state index in [-0.39, 0.29) is 11.5 Å². The van der Waals surface area contributed by atoms with Gasteiger partial charge in [-0.15, -0.1) is 0 Å². The molecule has 0 aliphatic carbocycles.